The molecule has 0 radical (unpaired) electrons. The molecule has 73 heavy (non-hydrogen) atoms. The van der Waals surface area contributed by atoms with Crippen LogP contribution in [0.5, 0.6) is 0 Å². The van der Waals surface area contributed by atoms with Crippen molar-refractivity contribution in [2.75, 3.05) is 39.5 Å². The Morgan fingerprint density at radius 1 is 0.849 bits per heavy atom. The lowest BCUT2D eigenvalue weighted by Crippen LogP contribution is -2.57. The van der Waals surface area contributed by atoms with E-state index in [0.29, 0.717) is 61.8 Å². The summed E-state index contributed by atoms with van der Waals surface area (Å²) in [5.74, 6) is -1.21. The van der Waals surface area contributed by atoms with Crippen LogP contribution in [0.4, 0.5) is 13.2 Å². The number of carbonyl (C=O) groups is 4. The molecule has 1 aliphatic rings. The van der Waals surface area contributed by atoms with Gasteiger partial charge in [0.1, 0.15) is 12.1 Å². The molecular weight excluding hydrogens is 962 g/mol. The fourth-order valence-corrected chi connectivity index (χ4v) is 9.95. The van der Waals surface area contributed by atoms with E-state index in [9.17, 15) is 37.5 Å². The number of fused-ring (bicyclic) bond motifs is 3. The van der Waals surface area contributed by atoms with Crippen molar-refractivity contribution >= 4 is 56.9 Å². The van der Waals surface area contributed by atoms with Gasteiger partial charge in [0.2, 0.25) is 17.7 Å². The second-order valence-electron chi connectivity index (χ2n) is 19.8. The van der Waals surface area contributed by atoms with E-state index in [4.69, 9.17) is 9.47 Å². The van der Waals surface area contributed by atoms with E-state index in [1.54, 1.807) is 45.8 Å². The van der Waals surface area contributed by atoms with Gasteiger partial charge in [-0.15, -0.1) is 11.3 Å². The highest BCUT2D eigenvalue weighted by atomic mass is 32.1. The standard InChI is InChI=1S/C54H67F3N8O7S/c1-35-47(73-34-60-35)37-16-14-36(15-17-37)31-59-51(69)45-30-41(66)32-64(45)52(70)48(53(2,3)4)61-46(67)13-11-9-7-6-8-10-12-25-71-27-28-72-26-24-58-50(68)38-18-23-44-42(29-38)43-33-63(5)62-49(43)65(44)40-21-19-39(20-22-40)54(55,56)57/h14-23,29,33-34,41,45,48,66H,6-13,24-28,30-32H2,1-5H3,(H,58,68)(H,59,69)(H,61,67)/t41-,45?,48-/m1/s1. The van der Waals surface area contributed by atoms with Crippen molar-refractivity contribution in [1.82, 2.24) is 40.2 Å². The Morgan fingerprint density at radius 3 is 2.21 bits per heavy atom. The van der Waals surface area contributed by atoms with Crippen molar-refractivity contribution in [1.29, 1.82) is 0 Å². The predicted octanol–water partition coefficient (Wildman–Crippen LogP) is 8.66. The fraction of sp³-hybridized carbons (Fsp3) is 0.481. The van der Waals surface area contributed by atoms with Crippen LogP contribution >= 0.6 is 11.3 Å². The minimum absolute atomic E-state index is 0.0195. The number of alkyl halides is 3. The molecule has 4 amide bonds. The Labute approximate surface area is 427 Å². The van der Waals surface area contributed by atoms with E-state index in [1.807, 2.05) is 63.7 Å². The number of β-amino-alcohol motifs (C(OH)–C–C–N with tert-alkyl or cyclic N) is 1. The number of hydrogen-bond donors (Lipinski definition) is 4. The molecule has 0 saturated carbocycles. The van der Waals surface area contributed by atoms with Gasteiger partial charge < -0.3 is 35.4 Å². The number of thiazole rings is 1. The number of likely N-dealkylation sites (tertiary alicyclic amines) is 1. The van der Waals surface area contributed by atoms with Gasteiger partial charge in [-0.05, 0) is 78.8 Å². The van der Waals surface area contributed by atoms with Gasteiger partial charge in [0, 0.05) is 74.4 Å². The molecule has 1 saturated heterocycles. The lowest BCUT2D eigenvalue weighted by molar-refractivity contribution is -0.144. The van der Waals surface area contributed by atoms with Gasteiger partial charge in [0.15, 0.2) is 5.65 Å². The normalized spacial score (nSPS) is 15.5. The van der Waals surface area contributed by atoms with E-state index >= 15 is 0 Å². The first kappa shape index (κ1) is 54.6. The number of halogens is 3. The van der Waals surface area contributed by atoms with Gasteiger partial charge in [0.05, 0.1) is 53.1 Å². The zero-order valence-electron chi connectivity index (χ0n) is 42.2. The van der Waals surface area contributed by atoms with Gasteiger partial charge in [0.25, 0.3) is 5.91 Å². The monoisotopic (exact) mass is 1030 g/mol. The number of aliphatic hydroxyl groups is 1. The van der Waals surface area contributed by atoms with Crippen molar-refractivity contribution < 1.29 is 46.9 Å². The summed E-state index contributed by atoms with van der Waals surface area (Å²) in [5, 5.41) is 25.4. The number of aromatic nitrogens is 4. The number of hydrogen-bond acceptors (Lipinski definition) is 10. The summed E-state index contributed by atoms with van der Waals surface area (Å²) in [6, 6.07) is 16.3. The molecule has 0 spiro atoms. The second kappa shape index (κ2) is 24.7. The summed E-state index contributed by atoms with van der Waals surface area (Å²) in [6.45, 7) is 9.95. The van der Waals surface area contributed by atoms with Crippen LogP contribution in [-0.4, -0.2) is 111 Å². The minimum atomic E-state index is -4.44. The van der Waals surface area contributed by atoms with Crippen molar-refractivity contribution in [3.8, 4) is 16.1 Å². The smallest absolute Gasteiger partial charge is 0.391 e. The number of carbonyl (C=O) groups excluding carboxylic acids is 4. The first-order chi connectivity index (χ1) is 34.9. The van der Waals surface area contributed by atoms with Crippen LogP contribution in [0, 0.1) is 12.3 Å². The summed E-state index contributed by atoms with van der Waals surface area (Å²) < 4.78 is 54.4. The Bertz CT molecular complexity index is 2820. The Hall–Kier alpha value is -6.15. The predicted molar refractivity (Wildman–Crippen MR) is 275 cm³/mol. The third-order valence-corrected chi connectivity index (χ3v) is 14.0. The van der Waals surface area contributed by atoms with E-state index in [2.05, 4.69) is 26.0 Å². The Kier molecular flexibility index (Phi) is 18.5. The van der Waals surface area contributed by atoms with Crippen LogP contribution in [0.2, 0.25) is 0 Å². The quantitative estimate of drug-likeness (QED) is 0.0432. The highest BCUT2D eigenvalue weighted by Crippen LogP contribution is 2.35. The molecule has 392 valence electrons. The van der Waals surface area contributed by atoms with E-state index in [1.165, 1.54) is 17.0 Å². The zero-order valence-corrected chi connectivity index (χ0v) is 43.0. The van der Waals surface area contributed by atoms with Crippen molar-refractivity contribution in [2.45, 2.75) is 116 Å². The number of nitrogens with zero attached hydrogens (tertiary/aromatic N) is 5. The Balaban J connectivity index is 0.723. The maximum atomic E-state index is 14.0. The minimum Gasteiger partial charge on any atom is -0.391 e. The summed E-state index contributed by atoms with van der Waals surface area (Å²) in [7, 11) is 1.76. The molecule has 4 heterocycles. The topological polar surface area (TPSA) is 182 Å². The molecular formula is C54H67F3N8O7S. The van der Waals surface area contributed by atoms with Crippen LogP contribution in [0.3, 0.4) is 0 Å². The molecule has 6 aromatic rings. The molecule has 7 rings (SSSR count). The van der Waals surface area contributed by atoms with Gasteiger partial charge in [-0.2, -0.15) is 18.3 Å². The van der Waals surface area contributed by atoms with Gasteiger partial charge in [-0.3, -0.25) is 28.4 Å². The Morgan fingerprint density at radius 2 is 1.53 bits per heavy atom. The maximum absolute atomic E-state index is 14.0. The number of rotatable bonds is 24. The lowest BCUT2D eigenvalue weighted by atomic mass is 9.85. The molecule has 1 aliphatic heterocycles. The number of unbranched alkanes of at least 4 members (excludes halogenated alkanes) is 6. The largest absolute Gasteiger partial charge is 0.416 e. The van der Waals surface area contributed by atoms with Crippen LogP contribution in [-0.2, 0) is 43.6 Å². The summed E-state index contributed by atoms with van der Waals surface area (Å²) in [6.07, 6.45) is 3.53. The second-order valence-corrected chi connectivity index (χ2v) is 20.7. The van der Waals surface area contributed by atoms with Gasteiger partial charge in [-0.25, -0.2) is 4.98 Å². The first-order valence-corrected chi connectivity index (χ1v) is 25.9. The number of benzene rings is 3. The lowest BCUT2D eigenvalue weighted by Gasteiger charge is -2.35. The molecule has 0 bridgehead atoms. The SMILES string of the molecule is Cc1ncsc1-c1ccc(CNC(=O)C2C[C@@H](O)CN2C(=O)[C@@H](NC(=O)CCCCCCCCCOCCOCCNC(=O)c2ccc3c(c2)c2cn(C)nc2n3-c2ccc(C(F)(F)F)cc2)C(C)(C)C)cc1. The van der Waals surface area contributed by atoms with Crippen molar-refractivity contribution in [3.05, 3.63) is 101 Å². The third-order valence-electron chi connectivity index (χ3n) is 13.1. The van der Waals surface area contributed by atoms with Crippen LogP contribution < -0.4 is 16.0 Å². The third kappa shape index (κ3) is 14.3. The van der Waals surface area contributed by atoms with Gasteiger partial charge >= 0.3 is 6.18 Å². The number of aliphatic hydroxyl groups excluding tert-OH is 1. The fourth-order valence-electron chi connectivity index (χ4n) is 9.14. The average Bonchev–Trinajstić information content (AvgIpc) is 4.14. The maximum Gasteiger partial charge on any atom is 0.416 e. The van der Waals surface area contributed by atoms with E-state index in [-0.39, 0.29) is 49.6 Å². The van der Waals surface area contributed by atoms with Crippen LogP contribution in [0.1, 0.15) is 106 Å². The highest BCUT2D eigenvalue weighted by Gasteiger charge is 2.44. The number of nitrogens with one attached hydrogen (secondary N) is 3. The molecule has 4 N–H and O–H groups in total. The molecule has 3 atom stereocenters. The number of aryl methyl sites for hydroxylation is 2. The highest BCUT2D eigenvalue weighted by molar-refractivity contribution is 7.13. The van der Waals surface area contributed by atoms with Crippen LogP contribution in [0.25, 0.3) is 38.1 Å². The van der Waals surface area contributed by atoms with E-state index < -0.39 is 35.3 Å². The summed E-state index contributed by atoms with van der Waals surface area (Å²) in [4.78, 5) is 60.4. The summed E-state index contributed by atoms with van der Waals surface area (Å²) in [5.41, 5.74) is 5.62. The zero-order chi connectivity index (χ0) is 52.3. The van der Waals surface area contributed by atoms with Crippen molar-refractivity contribution in [3.63, 3.8) is 0 Å². The molecule has 3 aromatic heterocycles. The number of amides is 4. The molecule has 1 unspecified atom stereocenters. The average molecular weight is 1030 g/mol. The molecule has 19 heteroatoms. The molecule has 3 aromatic carbocycles. The number of ether oxygens (including phenoxy) is 2. The first-order valence-electron chi connectivity index (χ1n) is 25.0. The molecule has 15 nitrogen and oxygen atoms in total. The van der Waals surface area contributed by atoms with E-state index in [0.717, 1.165) is 83.1 Å². The van der Waals surface area contributed by atoms with Crippen molar-refractivity contribution in [2.24, 2.45) is 12.5 Å². The summed E-state index contributed by atoms with van der Waals surface area (Å²) >= 11 is 1.58. The molecule has 1 fully saturated rings. The van der Waals surface area contributed by atoms with Gasteiger partial charge in [-0.1, -0.05) is 77.1 Å². The molecule has 0 aliphatic carbocycles. The van der Waals surface area contributed by atoms with Crippen LogP contribution in [0.15, 0.2) is 78.4 Å².